The highest BCUT2D eigenvalue weighted by molar-refractivity contribution is 5.15. The van der Waals surface area contributed by atoms with Gasteiger partial charge in [0.15, 0.2) is 0 Å². The van der Waals surface area contributed by atoms with Crippen molar-refractivity contribution >= 4 is 0 Å². The molecule has 0 unspecified atom stereocenters. The average molecular weight is 334 g/mol. The zero-order chi connectivity index (χ0) is 17.2. The Morgan fingerprint density at radius 2 is 1.75 bits per heavy atom. The Hall–Kier alpha value is -0.900. The van der Waals surface area contributed by atoms with Gasteiger partial charge in [0.05, 0.1) is 6.10 Å². The molecule has 3 atom stereocenters. The van der Waals surface area contributed by atoms with Crippen molar-refractivity contribution in [1.29, 1.82) is 0 Å². The van der Waals surface area contributed by atoms with Gasteiger partial charge in [0.1, 0.15) is 6.10 Å². The molecule has 136 valence electrons. The van der Waals surface area contributed by atoms with Crippen molar-refractivity contribution < 1.29 is 9.94 Å². The normalized spacial score (nSPS) is 22.8. The summed E-state index contributed by atoms with van der Waals surface area (Å²) < 4.78 is 0. The largest absolute Gasteiger partial charge is 0.390 e. The number of aliphatic hydroxyl groups is 1. The maximum Gasteiger partial charge on any atom is 0.107 e. The molecule has 1 aromatic rings. The first-order chi connectivity index (χ1) is 11.7. The van der Waals surface area contributed by atoms with Gasteiger partial charge in [0.25, 0.3) is 0 Å². The van der Waals surface area contributed by atoms with Crippen LogP contribution in [0.5, 0.6) is 0 Å². The summed E-state index contributed by atoms with van der Waals surface area (Å²) in [6, 6.07) is 10.6. The molecule has 1 heterocycles. The topological polar surface area (TPSA) is 32.7 Å². The summed E-state index contributed by atoms with van der Waals surface area (Å²) in [5.74, 6) is 0. The maximum atomic E-state index is 10.5. The first-order valence-corrected chi connectivity index (χ1v) is 9.82. The quantitative estimate of drug-likeness (QED) is 0.594. The zero-order valence-electron chi connectivity index (χ0n) is 15.5. The van der Waals surface area contributed by atoms with Crippen molar-refractivity contribution in [2.75, 3.05) is 7.05 Å². The molecule has 0 aromatic heterocycles. The summed E-state index contributed by atoms with van der Waals surface area (Å²) in [6.07, 6.45) is 11.7. The van der Waals surface area contributed by atoms with Crippen LogP contribution in [0.2, 0.25) is 0 Å². The molecule has 0 spiro atoms. The fourth-order valence-electron chi connectivity index (χ4n) is 3.61. The van der Waals surface area contributed by atoms with Crippen LogP contribution in [0.15, 0.2) is 30.3 Å². The molecule has 0 aliphatic carbocycles. The number of hydrogen-bond acceptors (Lipinski definition) is 3. The van der Waals surface area contributed by atoms with Crippen LogP contribution in [0, 0.1) is 0 Å². The van der Waals surface area contributed by atoms with Gasteiger partial charge >= 0.3 is 0 Å². The summed E-state index contributed by atoms with van der Waals surface area (Å²) in [5, 5.41) is 12.5. The lowest BCUT2D eigenvalue weighted by Gasteiger charge is -2.18. The van der Waals surface area contributed by atoms with Gasteiger partial charge in [-0.1, -0.05) is 82.2 Å². The lowest BCUT2D eigenvalue weighted by Crippen LogP contribution is -2.28. The number of aliphatic hydroxyl groups excluding tert-OH is 1. The minimum absolute atomic E-state index is 0.0650. The molecule has 2 rings (SSSR count). The van der Waals surface area contributed by atoms with Crippen LogP contribution in [-0.4, -0.2) is 35.5 Å². The van der Waals surface area contributed by atoms with Crippen molar-refractivity contribution in [2.45, 2.75) is 89.4 Å². The number of unbranched alkanes of at least 4 members (excludes halogenated alkanes) is 6. The molecule has 0 amide bonds. The Balaban J connectivity index is 1.64. The molecule has 1 saturated heterocycles. The molecule has 0 saturated carbocycles. The van der Waals surface area contributed by atoms with Crippen molar-refractivity contribution in [3.63, 3.8) is 0 Å². The molecular weight excluding hydrogens is 298 g/mol. The maximum absolute atomic E-state index is 10.5. The van der Waals surface area contributed by atoms with Gasteiger partial charge in [0, 0.05) is 19.5 Å². The highest BCUT2D eigenvalue weighted by atomic mass is 16.7. The van der Waals surface area contributed by atoms with Crippen molar-refractivity contribution in [3.05, 3.63) is 35.9 Å². The first-order valence-electron chi connectivity index (χ1n) is 9.82. The minimum Gasteiger partial charge on any atom is -0.390 e. The van der Waals surface area contributed by atoms with E-state index in [4.69, 9.17) is 4.84 Å². The highest BCUT2D eigenvalue weighted by Crippen LogP contribution is 2.27. The standard InChI is InChI=1S/C21H35NO2/c1-3-4-5-6-7-8-12-15-19-17-21(24-22(19)2)20(23)16-18-13-10-9-11-14-18/h9-11,13-14,19-21,23H,3-8,12,15-17H2,1-2H3/t19-,20-,21-/m1/s1. The van der Waals surface area contributed by atoms with E-state index in [1.807, 2.05) is 30.3 Å². The summed E-state index contributed by atoms with van der Waals surface area (Å²) in [5.41, 5.74) is 1.17. The van der Waals surface area contributed by atoms with E-state index in [1.54, 1.807) is 0 Å². The van der Waals surface area contributed by atoms with Crippen LogP contribution in [0.3, 0.4) is 0 Å². The molecule has 0 radical (unpaired) electrons. The molecule has 1 aromatic carbocycles. The highest BCUT2D eigenvalue weighted by Gasteiger charge is 2.34. The third-order valence-corrected chi connectivity index (χ3v) is 5.18. The van der Waals surface area contributed by atoms with Crippen LogP contribution >= 0.6 is 0 Å². The number of benzene rings is 1. The van der Waals surface area contributed by atoms with Crippen LogP contribution in [0.1, 0.15) is 70.3 Å². The van der Waals surface area contributed by atoms with Crippen LogP contribution in [-0.2, 0) is 11.3 Å². The van der Waals surface area contributed by atoms with Gasteiger partial charge in [-0.3, -0.25) is 4.84 Å². The lowest BCUT2D eigenvalue weighted by molar-refractivity contribution is -0.169. The van der Waals surface area contributed by atoms with E-state index in [9.17, 15) is 5.11 Å². The fourth-order valence-corrected chi connectivity index (χ4v) is 3.61. The second-order valence-electron chi connectivity index (χ2n) is 7.25. The third-order valence-electron chi connectivity index (χ3n) is 5.18. The molecule has 24 heavy (non-hydrogen) atoms. The van der Waals surface area contributed by atoms with Gasteiger partial charge in [0.2, 0.25) is 0 Å². The molecule has 3 heteroatoms. The predicted octanol–water partition coefficient (Wildman–Crippen LogP) is 4.74. The van der Waals surface area contributed by atoms with E-state index in [2.05, 4.69) is 19.1 Å². The Labute approximate surface area is 148 Å². The molecular formula is C21H35NO2. The second-order valence-corrected chi connectivity index (χ2v) is 7.25. The van der Waals surface area contributed by atoms with E-state index in [-0.39, 0.29) is 6.10 Å². The van der Waals surface area contributed by atoms with Crippen LogP contribution < -0.4 is 0 Å². The van der Waals surface area contributed by atoms with Gasteiger partial charge in [-0.25, -0.2) is 0 Å². The van der Waals surface area contributed by atoms with E-state index in [0.717, 1.165) is 6.42 Å². The smallest absolute Gasteiger partial charge is 0.107 e. The van der Waals surface area contributed by atoms with Crippen molar-refractivity contribution in [3.8, 4) is 0 Å². The summed E-state index contributed by atoms with van der Waals surface area (Å²) in [7, 11) is 2.02. The van der Waals surface area contributed by atoms with E-state index < -0.39 is 6.10 Å². The van der Waals surface area contributed by atoms with Crippen molar-refractivity contribution in [1.82, 2.24) is 5.06 Å². The monoisotopic (exact) mass is 333 g/mol. The number of hydrogen-bond donors (Lipinski definition) is 1. The SMILES string of the molecule is CCCCCCCCC[C@@H]1C[C@H]([C@H](O)Cc2ccccc2)ON1C. The molecule has 1 aliphatic heterocycles. The van der Waals surface area contributed by atoms with Gasteiger partial charge < -0.3 is 5.11 Å². The molecule has 3 nitrogen and oxygen atoms in total. The average Bonchev–Trinajstić information content (AvgIpc) is 2.96. The van der Waals surface area contributed by atoms with Gasteiger partial charge in [-0.05, 0) is 18.4 Å². The Morgan fingerprint density at radius 3 is 2.46 bits per heavy atom. The molecule has 1 fully saturated rings. The van der Waals surface area contributed by atoms with Crippen LogP contribution in [0.25, 0.3) is 0 Å². The predicted molar refractivity (Wildman–Crippen MR) is 99.8 cm³/mol. The Kier molecular flexibility index (Phi) is 8.79. The van der Waals surface area contributed by atoms with Crippen molar-refractivity contribution in [2.24, 2.45) is 0 Å². The summed E-state index contributed by atoms with van der Waals surface area (Å²) >= 11 is 0. The molecule has 0 bridgehead atoms. The molecule has 1 aliphatic rings. The Morgan fingerprint density at radius 1 is 1.08 bits per heavy atom. The summed E-state index contributed by atoms with van der Waals surface area (Å²) in [6.45, 7) is 2.26. The van der Waals surface area contributed by atoms with Crippen LogP contribution in [0.4, 0.5) is 0 Å². The third kappa shape index (κ3) is 6.54. The van der Waals surface area contributed by atoms with E-state index >= 15 is 0 Å². The Bertz CT molecular complexity index is 437. The lowest BCUT2D eigenvalue weighted by atomic mass is 9.97. The minimum atomic E-state index is -0.422. The van der Waals surface area contributed by atoms with Gasteiger partial charge in [-0.2, -0.15) is 5.06 Å². The van der Waals surface area contributed by atoms with E-state index in [1.165, 1.54) is 56.9 Å². The second kappa shape index (κ2) is 10.9. The first kappa shape index (κ1) is 19.4. The number of hydroxylamine groups is 2. The molecule has 1 N–H and O–H groups in total. The van der Waals surface area contributed by atoms with E-state index in [0.29, 0.717) is 12.5 Å². The zero-order valence-corrected chi connectivity index (χ0v) is 15.5. The number of rotatable bonds is 11. The summed E-state index contributed by atoms with van der Waals surface area (Å²) in [4.78, 5) is 5.90. The fraction of sp³-hybridized carbons (Fsp3) is 0.714. The van der Waals surface area contributed by atoms with Gasteiger partial charge in [-0.15, -0.1) is 0 Å². The number of nitrogens with zero attached hydrogens (tertiary/aromatic N) is 1.